The number of hydrazone groups is 1. The summed E-state index contributed by atoms with van der Waals surface area (Å²) in [6.45, 7) is 0.395. The lowest BCUT2D eigenvalue weighted by Gasteiger charge is -2.08. The molecule has 182 valence electrons. The summed E-state index contributed by atoms with van der Waals surface area (Å²) < 4.78 is 33.1. The van der Waals surface area contributed by atoms with E-state index in [0.717, 1.165) is 11.1 Å². The van der Waals surface area contributed by atoms with Gasteiger partial charge in [0.25, 0.3) is 15.9 Å². The summed E-state index contributed by atoms with van der Waals surface area (Å²) in [5, 5.41) is 4.67. The van der Waals surface area contributed by atoms with Crippen LogP contribution in [0.2, 0.25) is 5.02 Å². The predicted octanol–water partition coefficient (Wildman–Crippen LogP) is 5.48. The molecule has 4 rings (SSSR count). The lowest BCUT2D eigenvalue weighted by molar-refractivity contribution is 0.0955. The monoisotopic (exact) mass is 519 g/mol. The van der Waals surface area contributed by atoms with E-state index in [-0.39, 0.29) is 4.90 Å². The van der Waals surface area contributed by atoms with Gasteiger partial charge in [-0.1, -0.05) is 54.1 Å². The van der Waals surface area contributed by atoms with Crippen LogP contribution in [0.3, 0.4) is 0 Å². The van der Waals surface area contributed by atoms with Crippen LogP contribution in [0, 0.1) is 0 Å². The second kappa shape index (κ2) is 11.5. The number of anilines is 1. The van der Waals surface area contributed by atoms with Crippen LogP contribution in [0.25, 0.3) is 0 Å². The lowest BCUT2D eigenvalue weighted by atomic mass is 10.2. The number of amides is 1. The Morgan fingerprint density at radius 2 is 1.61 bits per heavy atom. The first kappa shape index (κ1) is 25.0. The Morgan fingerprint density at radius 3 is 2.33 bits per heavy atom. The maximum absolute atomic E-state index is 12.4. The third-order valence-electron chi connectivity index (χ3n) is 5.01. The van der Waals surface area contributed by atoms with Crippen LogP contribution in [0.4, 0.5) is 5.69 Å². The zero-order chi connectivity index (χ0) is 25.4. The van der Waals surface area contributed by atoms with E-state index in [1.54, 1.807) is 24.3 Å². The minimum Gasteiger partial charge on any atom is -0.489 e. The fourth-order valence-corrected chi connectivity index (χ4v) is 4.37. The van der Waals surface area contributed by atoms with E-state index in [1.807, 2.05) is 42.5 Å². The quantitative estimate of drug-likeness (QED) is 0.226. The molecule has 0 spiro atoms. The smallest absolute Gasteiger partial charge is 0.271 e. The highest BCUT2D eigenvalue weighted by Gasteiger charge is 2.13. The Balaban J connectivity index is 1.31. The van der Waals surface area contributed by atoms with Crippen molar-refractivity contribution in [3.63, 3.8) is 0 Å². The molecule has 0 aliphatic carbocycles. The number of nitrogens with one attached hydrogen (secondary N) is 2. The van der Waals surface area contributed by atoms with E-state index in [1.165, 1.54) is 42.6 Å². The number of nitrogens with zero attached hydrogens (tertiary/aromatic N) is 1. The number of hydrogen-bond acceptors (Lipinski definition) is 5. The van der Waals surface area contributed by atoms with Crippen LogP contribution >= 0.6 is 11.6 Å². The first-order chi connectivity index (χ1) is 17.4. The van der Waals surface area contributed by atoms with Crippen molar-refractivity contribution in [2.45, 2.75) is 11.5 Å². The maximum atomic E-state index is 12.4. The molecule has 0 unspecified atom stereocenters. The number of sulfonamides is 1. The molecular weight excluding hydrogens is 498 g/mol. The van der Waals surface area contributed by atoms with Crippen molar-refractivity contribution in [3.05, 3.63) is 125 Å². The Bertz CT molecular complexity index is 1460. The van der Waals surface area contributed by atoms with E-state index < -0.39 is 15.9 Å². The van der Waals surface area contributed by atoms with Crippen LogP contribution in [0.1, 0.15) is 21.5 Å². The number of hydrogen-bond donors (Lipinski definition) is 2. The molecule has 0 aliphatic heterocycles. The van der Waals surface area contributed by atoms with Crippen molar-refractivity contribution < 1.29 is 17.9 Å². The third-order valence-corrected chi connectivity index (χ3v) is 6.66. The van der Waals surface area contributed by atoms with Crippen molar-refractivity contribution in [2.24, 2.45) is 5.10 Å². The first-order valence-electron chi connectivity index (χ1n) is 10.9. The predicted molar refractivity (Wildman–Crippen MR) is 141 cm³/mol. The summed E-state index contributed by atoms with van der Waals surface area (Å²) in [6, 6.07) is 28.8. The van der Waals surface area contributed by atoms with Gasteiger partial charge < -0.3 is 4.74 Å². The van der Waals surface area contributed by atoms with E-state index in [9.17, 15) is 13.2 Å². The van der Waals surface area contributed by atoms with E-state index in [4.69, 9.17) is 16.3 Å². The molecule has 0 aromatic heterocycles. The highest BCUT2D eigenvalue weighted by atomic mass is 35.5. The first-order valence-corrected chi connectivity index (χ1v) is 12.7. The van der Waals surface area contributed by atoms with Gasteiger partial charge in [0.05, 0.1) is 11.1 Å². The van der Waals surface area contributed by atoms with Crippen molar-refractivity contribution in [2.75, 3.05) is 4.72 Å². The van der Waals surface area contributed by atoms with Gasteiger partial charge in [0.1, 0.15) is 12.4 Å². The molecule has 4 aromatic carbocycles. The van der Waals surface area contributed by atoms with Gasteiger partial charge in [-0.2, -0.15) is 5.10 Å². The lowest BCUT2D eigenvalue weighted by Crippen LogP contribution is -2.18. The molecule has 2 N–H and O–H groups in total. The summed E-state index contributed by atoms with van der Waals surface area (Å²) in [5.74, 6) is 0.229. The Kier molecular flexibility index (Phi) is 7.99. The largest absolute Gasteiger partial charge is 0.489 e. The molecule has 0 saturated carbocycles. The van der Waals surface area contributed by atoms with Crippen LogP contribution in [0.5, 0.6) is 5.75 Å². The highest BCUT2D eigenvalue weighted by Crippen LogP contribution is 2.17. The van der Waals surface area contributed by atoms with Crippen LogP contribution in [0.15, 0.2) is 113 Å². The maximum Gasteiger partial charge on any atom is 0.271 e. The summed E-state index contributed by atoms with van der Waals surface area (Å²) in [5.41, 5.74) is 4.87. The van der Waals surface area contributed by atoms with Gasteiger partial charge in [-0.15, -0.1) is 0 Å². The molecule has 0 radical (unpaired) electrons. The summed E-state index contributed by atoms with van der Waals surface area (Å²) >= 11 is 5.90. The number of halogens is 1. The van der Waals surface area contributed by atoms with Gasteiger partial charge in [0.2, 0.25) is 0 Å². The molecular formula is C27H22ClN3O4S. The van der Waals surface area contributed by atoms with E-state index in [0.29, 0.717) is 28.6 Å². The average Bonchev–Trinajstić information content (AvgIpc) is 2.89. The Hall–Kier alpha value is -4.14. The summed E-state index contributed by atoms with van der Waals surface area (Å²) in [7, 11) is -3.71. The third kappa shape index (κ3) is 6.94. The molecule has 0 saturated heterocycles. The average molecular weight is 520 g/mol. The highest BCUT2D eigenvalue weighted by molar-refractivity contribution is 7.92. The summed E-state index contributed by atoms with van der Waals surface area (Å²) in [4.78, 5) is 12.6. The minimum atomic E-state index is -3.71. The number of carbonyl (C=O) groups excluding carboxylic acids is 1. The van der Waals surface area contributed by atoms with Crippen LogP contribution < -0.4 is 14.9 Å². The topological polar surface area (TPSA) is 96.9 Å². The van der Waals surface area contributed by atoms with Gasteiger partial charge in [-0.05, 0) is 71.8 Å². The zero-order valence-corrected chi connectivity index (χ0v) is 20.5. The molecule has 0 heterocycles. The van der Waals surface area contributed by atoms with Gasteiger partial charge in [0.15, 0.2) is 0 Å². The van der Waals surface area contributed by atoms with Crippen molar-refractivity contribution in [1.29, 1.82) is 0 Å². The fraction of sp³-hybridized carbons (Fsp3) is 0.0370. The molecule has 0 fully saturated rings. The van der Waals surface area contributed by atoms with Gasteiger partial charge in [-0.25, -0.2) is 13.8 Å². The van der Waals surface area contributed by atoms with Gasteiger partial charge in [-0.3, -0.25) is 9.52 Å². The van der Waals surface area contributed by atoms with Crippen molar-refractivity contribution in [1.82, 2.24) is 5.43 Å². The SMILES string of the molecule is O=C(N/N=C\c1cccc(OCc2ccc(Cl)cc2)c1)c1ccc(NS(=O)(=O)c2ccccc2)cc1. The molecule has 1 amide bonds. The second-order valence-electron chi connectivity index (χ2n) is 7.68. The molecule has 7 nitrogen and oxygen atoms in total. The fourth-order valence-electron chi connectivity index (χ4n) is 3.17. The Morgan fingerprint density at radius 1 is 0.889 bits per heavy atom. The number of rotatable bonds is 9. The van der Waals surface area contributed by atoms with Crippen LogP contribution in [-0.4, -0.2) is 20.5 Å². The molecule has 0 aliphatic rings. The van der Waals surface area contributed by atoms with E-state index >= 15 is 0 Å². The number of benzene rings is 4. The summed E-state index contributed by atoms with van der Waals surface area (Å²) in [6.07, 6.45) is 1.51. The molecule has 4 aromatic rings. The minimum absolute atomic E-state index is 0.153. The number of ether oxygens (including phenoxy) is 1. The number of carbonyl (C=O) groups is 1. The molecule has 36 heavy (non-hydrogen) atoms. The normalized spacial score (nSPS) is 11.2. The van der Waals surface area contributed by atoms with Gasteiger partial charge in [0, 0.05) is 16.3 Å². The van der Waals surface area contributed by atoms with Crippen molar-refractivity contribution >= 4 is 39.4 Å². The zero-order valence-electron chi connectivity index (χ0n) is 19.0. The molecule has 0 bridgehead atoms. The van der Waals surface area contributed by atoms with Crippen molar-refractivity contribution in [3.8, 4) is 5.75 Å². The van der Waals surface area contributed by atoms with E-state index in [2.05, 4.69) is 15.2 Å². The van der Waals surface area contributed by atoms with Gasteiger partial charge >= 0.3 is 0 Å². The second-order valence-corrected chi connectivity index (χ2v) is 9.80. The van der Waals surface area contributed by atoms with Crippen LogP contribution in [-0.2, 0) is 16.6 Å². The molecule has 9 heteroatoms. The molecule has 0 atom stereocenters. The Labute approximate surface area is 214 Å². The standard InChI is InChI=1S/C27H22ClN3O4S/c28-23-13-9-20(10-14-23)19-35-25-6-4-5-21(17-25)18-29-30-27(32)22-11-15-24(16-12-22)31-36(33,34)26-7-2-1-3-8-26/h1-18,31H,19H2,(H,30,32)/b29-18-.